The molecule has 0 fully saturated rings. The summed E-state index contributed by atoms with van der Waals surface area (Å²) in [6.45, 7) is 0.176. The third-order valence-corrected chi connectivity index (χ3v) is 4.98. The molecule has 5 rings (SSSR count). The molecular formula is C18H12FN5O3S. The summed E-state index contributed by atoms with van der Waals surface area (Å²) in [4.78, 5) is 19.6. The summed E-state index contributed by atoms with van der Waals surface area (Å²) < 4.78 is 24.0. The van der Waals surface area contributed by atoms with Crippen molar-refractivity contribution in [3.63, 3.8) is 0 Å². The van der Waals surface area contributed by atoms with Crippen LogP contribution in [0.25, 0.3) is 22.1 Å². The average Bonchev–Trinajstić information content (AvgIpc) is 3.29. The third-order valence-electron chi connectivity index (χ3n) is 4.15. The number of halogens is 1. The molecule has 0 radical (unpaired) electrons. The van der Waals surface area contributed by atoms with Crippen molar-refractivity contribution in [1.29, 1.82) is 0 Å². The van der Waals surface area contributed by atoms with Gasteiger partial charge in [-0.1, -0.05) is 11.8 Å². The maximum Gasteiger partial charge on any atom is 0.234 e. The number of aromatic amines is 1. The van der Waals surface area contributed by atoms with Crippen LogP contribution in [0, 0.1) is 5.82 Å². The highest BCUT2D eigenvalue weighted by Gasteiger charge is 2.15. The largest absolute Gasteiger partial charge is 0.454 e. The van der Waals surface area contributed by atoms with Crippen LogP contribution < -0.4 is 14.8 Å². The van der Waals surface area contributed by atoms with E-state index in [1.54, 1.807) is 24.3 Å². The molecule has 1 aliphatic rings. The van der Waals surface area contributed by atoms with E-state index in [1.165, 1.54) is 12.1 Å². The zero-order valence-corrected chi connectivity index (χ0v) is 15.0. The van der Waals surface area contributed by atoms with Crippen molar-refractivity contribution in [2.75, 3.05) is 17.9 Å². The van der Waals surface area contributed by atoms with Crippen LogP contribution in [-0.4, -0.2) is 38.6 Å². The van der Waals surface area contributed by atoms with Crippen LogP contribution in [0.4, 0.5) is 10.1 Å². The average molecular weight is 397 g/mol. The van der Waals surface area contributed by atoms with Gasteiger partial charge in [0.25, 0.3) is 0 Å². The number of H-pyrrole nitrogens is 1. The monoisotopic (exact) mass is 397 g/mol. The summed E-state index contributed by atoms with van der Waals surface area (Å²) in [6.07, 6.45) is 0. The second-order valence-corrected chi connectivity index (χ2v) is 6.95. The van der Waals surface area contributed by atoms with Crippen LogP contribution in [0.1, 0.15) is 0 Å². The standard InChI is InChI=1S/C18H12FN5O3S/c19-9-1-3-12-11(5-9)16-17(21-12)22-18(24-23-16)28-7-15(25)20-10-2-4-13-14(6-10)27-8-26-13/h1-6H,7-8H2,(H,20,25)(H,21,22,24). The van der Waals surface area contributed by atoms with Crippen molar-refractivity contribution in [3.05, 3.63) is 42.2 Å². The molecule has 1 amide bonds. The van der Waals surface area contributed by atoms with Crippen molar-refractivity contribution in [2.24, 2.45) is 0 Å². The molecule has 2 N–H and O–H groups in total. The first-order valence-corrected chi connectivity index (χ1v) is 9.28. The predicted octanol–water partition coefficient (Wildman–Crippen LogP) is 3.10. The number of ether oxygens (including phenoxy) is 2. The fraction of sp³-hybridized carbons (Fsp3) is 0.111. The minimum Gasteiger partial charge on any atom is -0.454 e. The number of carbonyl (C=O) groups excluding carboxylic acids is 1. The normalized spacial score (nSPS) is 12.6. The second kappa shape index (κ2) is 6.64. The van der Waals surface area contributed by atoms with Crippen LogP contribution in [0.3, 0.4) is 0 Å². The van der Waals surface area contributed by atoms with E-state index in [-0.39, 0.29) is 24.3 Å². The van der Waals surface area contributed by atoms with Crippen LogP contribution in [0.15, 0.2) is 41.6 Å². The van der Waals surface area contributed by atoms with Gasteiger partial charge in [0.1, 0.15) is 11.3 Å². The first-order chi connectivity index (χ1) is 13.7. The van der Waals surface area contributed by atoms with E-state index in [0.717, 1.165) is 17.3 Å². The Morgan fingerprint density at radius 1 is 1.18 bits per heavy atom. The van der Waals surface area contributed by atoms with Crippen LogP contribution in [-0.2, 0) is 4.79 Å². The van der Waals surface area contributed by atoms with Gasteiger partial charge in [-0.15, -0.1) is 10.2 Å². The highest BCUT2D eigenvalue weighted by Crippen LogP contribution is 2.34. The molecule has 0 aliphatic carbocycles. The molecule has 140 valence electrons. The summed E-state index contributed by atoms with van der Waals surface area (Å²) in [7, 11) is 0. The zero-order valence-electron chi connectivity index (χ0n) is 14.2. The molecule has 0 unspecified atom stereocenters. The number of aromatic nitrogens is 4. The van der Waals surface area contributed by atoms with E-state index in [2.05, 4.69) is 25.5 Å². The number of hydrogen-bond acceptors (Lipinski definition) is 7. The number of nitrogens with zero attached hydrogens (tertiary/aromatic N) is 3. The number of carbonyl (C=O) groups is 1. The molecule has 1 aliphatic heterocycles. The van der Waals surface area contributed by atoms with Gasteiger partial charge >= 0.3 is 0 Å². The molecule has 4 aromatic rings. The number of anilines is 1. The molecule has 2 aromatic heterocycles. The number of nitrogens with one attached hydrogen (secondary N) is 2. The van der Waals surface area contributed by atoms with Gasteiger partial charge in [-0.05, 0) is 30.3 Å². The molecular weight excluding hydrogens is 385 g/mol. The Labute approximate surface area is 161 Å². The summed E-state index contributed by atoms with van der Waals surface area (Å²) >= 11 is 1.15. The lowest BCUT2D eigenvalue weighted by Gasteiger charge is -2.05. The maximum atomic E-state index is 13.4. The van der Waals surface area contributed by atoms with Gasteiger partial charge in [-0.3, -0.25) is 4.79 Å². The minimum atomic E-state index is -0.353. The van der Waals surface area contributed by atoms with E-state index in [4.69, 9.17) is 9.47 Å². The SMILES string of the molecule is O=C(CSc1nnc2c(n1)[nH]c1ccc(F)cc12)Nc1ccc2c(c1)OCO2. The van der Waals surface area contributed by atoms with Crippen LogP contribution in [0.5, 0.6) is 11.5 Å². The van der Waals surface area contributed by atoms with Crippen molar-refractivity contribution >= 4 is 45.4 Å². The molecule has 8 nitrogen and oxygen atoms in total. The molecule has 3 heterocycles. The topological polar surface area (TPSA) is 102 Å². The Hall–Kier alpha value is -3.40. The van der Waals surface area contributed by atoms with Crippen LogP contribution >= 0.6 is 11.8 Å². The number of benzene rings is 2. The lowest BCUT2D eigenvalue weighted by Crippen LogP contribution is -2.14. The van der Waals surface area contributed by atoms with Gasteiger partial charge in [0.15, 0.2) is 17.1 Å². The van der Waals surface area contributed by atoms with Crippen molar-refractivity contribution in [2.45, 2.75) is 5.16 Å². The Bertz CT molecular complexity index is 1230. The smallest absolute Gasteiger partial charge is 0.234 e. The maximum absolute atomic E-state index is 13.4. The Balaban J connectivity index is 1.28. The highest BCUT2D eigenvalue weighted by atomic mass is 32.2. The number of thioether (sulfide) groups is 1. The molecule has 28 heavy (non-hydrogen) atoms. The fourth-order valence-electron chi connectivity index (χ4n) is 2.89. The lowest BCUT2D eigenvalue weighted by atomic mass is 10.2. The van der Waals surface area contributed by atoms with E-state index < -0.39 is 0 Å². The fourth-order valence-corrected chi connectivity index (χ4v) is 3.48. The molecule has 0 atom stereocenters. The van der Waals surface area contributed by atoms with Crippen molar-refractivity contribution < 1.29 is 18.7 Å². The number of hydrogen-bond donors (Lipinski definition) is 2. The molecule has 0 bridgehead atoms. The summed E-state index contributed by atoms with van der Waals surface area (Å²) in [5.41, 5.74) is 2.32. The van der Waals surface area contributed by atoms with Gasteiger partial charge in [-0.25, -0.2) is 9.37 Å². The van der Waals surface area contributed by atoms with Gasteiger partial charge < -0.3 is 19.8 Å². The molecule has 0 saturated heterocycles. The van der Waals surface area contributed by atoms with Gasteiger partial charge in [-0.2, -0.15) is 0 Å². The lowest BCUT2D eigenvalue weighted by molar-refractivity contribution is -0.113. The van der Waals surface area contributed by atoms with Gasteiger partial charge in [0, 0.05) is 22.7 Å². The molecule has 2 aromatic carbocycles. The van der Waals surface area contributed by atoms with Crippen LogP contribution in [0.2, 0.25) is 0 Å². The quantitative estimate of drug-likeness (QED) is 0.510. The molecule has 0 saturated carbocycles. The Morgan fingerprint density at radius 3 is 3.00 bits per heavy atom. The van der Waals surface area contributed by atoms with Crippen molar-refractivity contribution in [1.82, 2.24) is 20.2 Å². The van der Waals surface area contributed by atoms with E-state index in [0.29, 0.717) is 38.9 Å². The van der Waals surface area contributed by atoms with E-state index >= 15 is 0 Å². The number of rotatable bonds is 4. The molecule has 10 heteroatoms. The number of amides is 1. The first kappa shape index (κ1) is 16.8. The Morgan fingerprint density at radius 2 is 2.07 bits per heavy atom. The highest BCUT2D eigenvalue weighted by molar-refractivity contribution is 7.99. The van der Waals surface area contributed by atoms with E-state index in [9.17, 15) is 9.18 Å². The van der Waals surface area contributed by atoms with Gasteiger partial charge in [0.2, 0.25) is 17.9 Å². The summed E-state index contributed by atoms with van der Waals surface area (Å²) in [5, 5.41) is 11.9. The third kappa shape index (κ3) is 3.07. The Kier molecular flexibility index (Phi) is 3.97. The molecule has 0 spiro atoms. The number of fused-ring (bicyclic) bond motifs is 4. The first-order valence-electron chi connectivity index (χ1n) is 8.30. The summed E-state index contributed by atoms with van der Waals surface area (Å²) in [6, 6.07) is 9.56. The van der Waals surface area contributed by atoms with Crippen molar-refractivity contribution in [3.8, 4) is 11.5 Å². The predicted molar refractivity (Wildman–Crippen MR) is 101 cm³/mol. The minimum absolute atomic E-state index is 0.108. The van der Waals surface area contributed by atoms with Gasteiger partial charge in [0.05, 0.1) is 5.75 Å². The second-order valence-electron chi connectivity index (χ2n) is 6.01. The van der Waals surface area contributed by atoms with E-state index in [1.807, 2.05) is 0 Å². The summed E-state index contributed by atoms with van der Waals surface area (Å²) in [5.74, 6) is 0.786. The zero-order chi connectivity index (χ0) is 19.1.